The van der Waals surface area contributed by atoms with Crippen molar-refractivity contribution >= 4 is 46.3 Å². The van der Waals surface area contributed by atoms with E-state index in [9.17, 15) is 19.7 Å². The summed E-state index contributed by atoms with van der Waals surface area (Å²) in [5.41, 5.74) is 1.88. The summed E-state index contributed by atoms with van der Waals surface area (Å²) in [6, 6.07) is 20.5. The second-order valence-corrected chi connectivity index (χ2v) is 8.57. The number of nitro benzene ring substituents is 1. The topological polar surface area (TPSA) is 89.8 Å². The molecule has 7 nitrogen and oxygen atoms in total. The number of para-hydroxylation sites is 1. The van der Waals surface area contributed by atoms with Gasteiger partial charge in [-0.3, -0.25) is 24.6 Å². The molecule has 4 rings (SSSR count). The minimum absolute atomic E-state index is 0.130. The molecule has 0 bridgehead atoms. The Morgan fingerprint density at radius 3 is 2.39 bits per heavy atom. The van der Waals surface area contributed by atoms with E-state index in [1.165, 1.54) is 18.2 Å². The van der Waals surface area contributed by atoms with Gasteiger partial charge in [0.25, 0.3) is 16.8 Å². The van der Waals surface area contributed by atoms with Gasteiger partial charge in [0.05, 0.1) is 16.4 Å². The van der Waals surface area contributed by atoms with Crippen molar-refractivity contribution in [3.63, 3.8) is 0 Å². The number of nitro groups is 1. The number of hydrogen-bond acceptors (Lipinski definition) is 6. The summed E-state index contributed by atoms with van der Waals surface area (Å²) in [6.07, 6.45) is 1.62. The Kier molecular flexibility index (Phi) is 6.76. The number of benzene rings is 3. The van der Waals surface area contributed by atoms with Crippen LogP contribution >= 0.6 is 23.4 Å². The van der Waals surface area contributed by atoms with Crippen LogP contribution in [-0.4, -0.2) is 21.0 Å². The van der Waals surface area contributed by atoms with E-state index in [2.05, 4.69) is 0 Å². The summed E-state index contributed by atoms with van der Waals surface area (Å²) in [5, 5.41) is 11.4. The second kappa shape index (κ2) is 9.89. The normalized spacial score (nSPS) is 14.7. The lowest BCUT2D eigenvalue weighted by Gasteiger charge is -2.12. The summed E-state index contributed by atoms with van der Waals surface area (Å²) < 4.78 is 5.76. The number of nitrogens with zero attached hydrogens (tertiary/aromatic N) is 2. The van der Waals surface area contributed by atoms with Gasteiger partial charge in [0.2, 0.25) is 0 Å². The Morgan fingerprint density at radius 2 is 1.70 bits per heavy atom. The number of carbonyl (C=O) groups excluding carboxylic acids is 2. The maximum absolute atomic E-state index is 12.8. The first-order chi connectivity index (χ1) is 15.9. The standard InChI is InChI=1S/C24H17ClN2O5S/c25-19-9-5-17(6-10-19)15-32-20-11-7-16(8-12-20)13-22-23(28)26(24(29)33-22)14-18-3-1-2-4-21(18)27(30)31/h1-13H,14-15H2/b22-13+. The molecule has 0 atom stereocenters. The smallest absolute Gasteiger partial charge is 0.293 e. The Balaban J connectivity index is 1.43. The van der Waals surface area contributed by atoms with Gasteiger partial charge in [-0.2, -0.15) is 0 Å². The highest BCUT2D eigenvalue weighted by molar-refractivity contribution is 8.18. The van der Waals surface area contributed by atoms with Crippen LogP contribution in [0.15, 0.2) is 77.7 Å². The van der Waals surface area contributed by atoms with Gasteiger partial charge in [-0.05, 0) is 53.2 Å². The fraction of sp³-hybridized carbons (Fsp3) is 0.0833. The van der Waals surface area contributed by atoms with Gasteiger partial charge in [0, 0.05) is 16.7 Å². The van der Waals surface area contributed by atoms with E-state index < -0.39 is 16.1 Å². The molecule has 0 N–H and O–H groups in total. The van der Waals surface area contributed by atoms with Crippen molar-refractivity contribution in [1.29, 1.82) is 0 Å². The largest absolute Gasteiger partial charge is 0.489 e. The molecule has 0 aromatic heterocycles. The number of imide groups is 1. The average Bonchev–Trinajstić information content (AvgIpc) is 3.07. The van der Waals surface area contributed by atoms with Crippen molar-refractivity contribution in [1.82, 2.24) is 4.90 Å². The molecular weight excluding hydrogens is 464 g/mol. The van der Waals surface area contributed by atoms with Crippen LogP contribution in [0.2, 0.25) is 5.02 Å². The second-order valence-electron chi connectivity index (χ2n) is 7.14. The summed E-state index contributed by atoms with van der Waals surface area (Å²) in [5.74, 6) is 0.179. The SMILES string of the molecule is O=C1S/C(=C/c2ccc(OCc3ccc(Cl)cc3)cc2)C(=O)N1Cc1ccccc1[N+](=O)[O-]. The summed E-state index contributed by atoms with van der Waals surface area (Å²) in [4.78, 5) is 37.1. The highest BCUT2D eigenvalue weighted by Gasteiger charge is 2.36. The van der Waals surface area contributed by atoms with Crippen LogP contribution in [0.3, 0.4) is 0 Å². The molecule has 9 heteroatoms. The number of carbonyl (C=O) groups is 2. The van der Waals surface area contributed by atoms with Gasteiger partial charge >= 0.3 is 0 Å². The molecule has 33 heavy (non-hydrogen) atoms. The van der Waals surface area contributed by atoms with Crippen LogP contribution < -0.4 is 4.74 Å². The average molecular weight is 481 g/mol. The van der Waals surface area contributed by atoms with Crippen molar-refractivity contribution in [3.05, 3.63) is 110 Å². The minimum atomic E-state index is -0.527. The summed E-state index contributed by atoms with van der Waals surface area (Å²) >= 11 is 6.69. The highest BCUT2D eigenvalue weighted by Crippen LogP contribution is 2.34. The molecule has 3 aromatic carbocycles. The summed E-state index contributed by atoms with van der Waals surface area (Å²) in [6.45, 7) is 0.234. The van der Waals surface area contributed by atoms with E-state index in [-0.39, 0.29) is 17.1 Å². The number of thioether (sulfide) groups is 1. The Labute approximate surface area is 198 Å². The fourth-order valence-electron chi connectivity index (χ4n) is 3.19. The Hall–Kier alpha value is -3.62. The molecule has 0 aliphatic carbocycles. The number of rotatable bonds is 7. The van der Waals surface area contributed by atoms with Gasteiger partial charge in [-0.25, -0.2) is 0 Å². The van der Waals surface area contributed by atoms with Gasteiger partial charge in [0.1, 0.15) is 12.4 Å². The monoisotopic (exact) mass is 480 g/mol. The molecule has 1 aliphatic heterocycles. The Bertz CT molecular complexity index is 1240. The van der Waals surface area contributed by atoms with E-state index in [0.29, 0.717) is 22.9 Å². The first kappa shape index (κ1) is 22.6. The lowest BCUT2D eigenvalue weighted by atomic mass is 10.1. The van der Waals surface area contributed by atoms with E-state index in [1.54, 1.807) is 48.5 Å². The van der Waals surface area contributed by atoms with Gasteiger partial charge in [-0.15, -0.1) is 0 Å². The van der Waals surface area contributed by atoms with Crippen LogP contribution in [-0.2, 0) is 17.9 Å². The zero-order valence-corrected chi connectivity index (χ0v) is 18.7. The number of halogens is 1. The van der Waals surface area contributed by atoms with Gasteiger partial charge in [0.15, 0.2) is 0 Å². The Morgan fingerprint density at radius 1 is 1.00 bits per heavy atom. The first-order valence-corrected chi connectivity index (χ1v) is 11.0. The molecular formula is C24H17ClN2O5S. The van der Waals surface area contributed by atoms with Crippen molar-refractivity contribution < 1.29 is 19.2 Å². The first-order valence-electron chi connectivity index (χ1n) is 9.86. The van der Waals surface area contributed by atoms with Crippen LogP contribution in [0.25, 0.3) is 6.08 Å². The van der Waals surface area contributed by atoms with Crippen LogP contribution in [0.1, 0.15) is 16.7 Å². The van der Waals surface area contributed by atoms with E-state index >= 15 is 0 Å². The number of hydrogen-bond donors (Lipinski definition) is 0. The zero-order valence-electron chi connectivity index (χ0n) is 17.1. The lowest BCUT2D eigenvalue weighted by molar-refractivity contribution is -0.385. The summed E-state index contributed by atoms with van der Waals surface area (Å²) in [7, 11) is 0. The van der Waals surface area contributed by atoms with Crippen molar-refractivity contribution in [2.75, 3.05) is 0 Å². The number of ether oxygens (including phenoxy) is 1. The van der Waals surface area contributed by atoms with E-state index in [0.717, 1.165) is 27.8 Å². The maximum Gasteiger partial charge on any atom is 0.293 e. The molecule has 1 heterocycles. The molecule has 1 fully saturated rings. The van der Waals surface area contributed by atoms with Crippen molar-refractivity contribution in [2.24, 2.45) is 0 Å². The molecule has 3 aromatic rings. The van der Waals surface area contributed by atoms with E-state index in [4.69, 9.17) is 16.3 Å². The van der Waals surface area contributed by atoms with Crippen molar-refractivity contribution in [3.8, 4) is 5.75 Å². The highest BCUT2D eigenvalue weighted by atomic mass is 35.5. The molecule has 166 valence electrons. The third-order valence-electron chi connectivity index (χ3n) is 4.89. The molecule has 1 saturated heterocycles. The van der Waals surface area contributed by atoms with Crippen LogP contribution in [0, 0.1) is 10.1 Å². The van der Waals surface area contributed by atoms with Crippen molar-refractivity contribution in [2.45, 2.75) is 13.2 Å². The fourth-order valence-corrected chi connectivity index (χ4v) is 4.15. The third kappa shape index (κ3) is 5.42. The van der Waals surface area contributed by atoms with Gasteiger partial charge in [-0.1, -0.05) is 54.1 Å². The molecule has 2 amide bonds. The minimum Gasteiger partial charge on any atom is -0.489 e. The van der Waals surface area contributed by atoms with E-state index in [1.807, 2.05) is 12.1 Å². The van der Waals surface area contributed by atoms with Crippen LogP contribution in [0.5, 0.6) is 5.75 Å². The number of amides is 2. The molecule has 1 aliphatic rings. The lowest BCUT2D eigenvalue weighted by Crippen LogP contribution is -2.27. The molecule has 0 saturated carbocycles. The molecule has 0 unspecified atom stereocenters. The predicted octanol–water partition coefficient (Wildman–Crippen LogP) is 6.06. The van der Waals surface area contributed by atoms with Crippen LogP contribution in [0.4, 0.5) is 10.5 Å². The quantitative estimate of drug-likeness (QED) is 0.232. The third-order valence-corrected chi connectivity index (χ3v) is 6.05. The van der Waals surface area contributed by atoms with Gasteiger partial charge < -0.3 is 4.74 Å². The predicted molar refractivity (Wildman–Crippen MR) is 127 cm³/mol. The molecule has 0 radical (unpaired) electrons. The molecule has 0 spiro atoms. The zero-order chi connectivity index (χ0) is 23.4. The maximum atomic E-state index is 12.8.